The number of para-hydroxylation sites is 1. The third kappa shape index (κ3) is 6.15. The lowest BCUT2D eigenvalue weighted by atomic mass is 9.84. The third-order valence-corrected chi connectivity index (χ3v) is 6.36. The van der Waals surface area contributed by atoms with Crippen molar-refractivity contribution in [1.29, 1.82) is 0 Å². The number of halogens is 1. The first-order valence-electron chi connectivity index (χ1n) is 11.3. The summed E-state index contributed by atoms with van der Waals surface area (Å²) >= 11 is 5.99. The summed E-state index contributed by atoms with van der Waals surface area (Å²) in [5, 5.41) is 0.296. The zero-order valence-corrected chi connectivity index (χ0v) is 20.6. The number of hydrogen-bond donors (Lipinski definition) is 0. The van der Waals surface area contributed by atoms with Crippen LogP contribution in [0, 0.1) is 5.92 Å². The molecule has 1 aromatic carbocycles. The van der Waals surface area contributed by atoms with E-state index in [2.05, 4.69) is 11.6 Å². The Morgan fingerprint density at radius 2 is 2.15 bits per heavy atom. The van der Waals surface area contributed by atoms with Crippen molar-refractivity contribution >= 4 is 29.7 Å². The van der Waals surface area contributed by atoms with Gasteiger partial charge in [0, 0.05) is 36.4 Å². The number of hydrogen-bond acceptors (Lipinski definition) is 6. The van der Waals surface area contributed by atoms with E-state index in [0.29, 0.717) is 40.9 Å². The van der Waals surface area contributed by atoms with Crippen molar-refractivity contribution in [1.82, 2.24) is 4.90 Å². The highest BCUT2D eigenvalue weighted by Gasteiger charge is 2.38. The van der Waals surface area contributed by atoms with E-state index in [1.165, 1.54) is 6.21 Å². The number of methoxy groups -OCH3 is 1. The number of benzene rings is 1. The molecule has 34 heavy (non-hydrogen) atoms. The predicted octanol–water partition coefficient (Wildman–Crippen LogP) is 4.77. The summed E-state index contributed by atoms with van der Waals surface area (Å²) in [6, 6.07) is 7.35. The minimum Gasteiger partial charge on any atom is -0.496 e. The minimum atomic E-state index is -0.566. The van der Waals surface area contributed by atoms with Gasteiger partial charge in [-0.2, -0.15) is 0 Å². The van der Waals surface area contributed by atoms with E-state index in [0.717, 1.165) is 18.4 Å². The molecule has 7 nitrogen and oxygen atoms in total. The lowest BCUT2D eigenvalue weighted by Crippen LogP contribution is -2.43. The van der Waals surface area contributed by atoms with Crippen molar-refractivity contribution in [2.45, 2.75) is 45.8 Å². The Balaban J connectivity index is 1.89. The van der Waals surface area contributed by atoms with Crippen LogP contribution in [0.2, 0.25) is 0 Å². The molecule has 8 heteroatoms. The zero-order valence-electron chi connectivity index (χ0n) is 19.9. The average molecular weight is 487 g/mol. The summed E-state index contributed by atoms with van der Waals surface area (Å²) in [6.07, 6.45) is 5.03. The number of ether oxygens (including phenoxy) is 3. The fourth-order valence-electron chi connectivity index (χ4n) is 4.16. The fourth-order valence-corrected chi connectivity index (χ4v) is 4.21. The molecule has 0 saturated carbocycles. The highest BCUT2D eigenvalue weighted by atomic mass is 35.5. The normalized spacial score (nSPS) is 21.4. The Morgan fingerprint density at radius 3 is 2.82 bits per heavy atom. The van der Waals surface area contributed by atoms with Crippen LogP contribution in [-0.4, -0.2) is 49.4 Å². The summed E-state index contributed by atoms with van der Waals surface area (Å²) < 4.78 is 16.8. The molecule has 0 bridgehead atoms. The number of esters is 1. The second-order valence-corrected chi connectivity index (χ2v) is 8.61. The molecule has 3 rings (SSSR count). The van der Waals surface area contributed by atoms with Gasteiger partial charge in [-0.3, -0.25) is 4.79 Å². The lowest BCUT2D eigenvalue weighted by molar-refractivity contribution is -0.142. The van der Waals surface area contributed by atoms with Gasteiger partial charge in [-0.1, -0.05) is 42.5 Å². The smallest absolute Gasteiger partial charge is 0.336 e. The van der Waals surface area contributed by atoms with Crippen molar-refractivity contribution in [3.8, 4) is 5.75 Å². The average Bonchev–Trinajstić information content (AvgIpc) is 3.36. The van der Waals surface area contributed by atoms with Crippen LogP contribution < -0.4 is 4.74 Å². The van der Waals surface area contributed by atoms with E-state index in [-0.39, 0.29) is 25.0 Å². The minimum absolute atomic E-state index is 0.0387. The van der Waals surface area contributed by atoms with E-state index >= 15 is 0 Å². The van der Waals surface area contributed by atoms with Crippen molar-refractivity contribution in [3.63, 3.8) is 0 Å². The van der Waals surface area contributed by atoms with Crippen LogP contribution >= 0.6 is 11.6 Å². The van der Waals surface area contributed by atoms with E-state index in [4.69, 9.17) is 25.8 Å². The van der Waals surface area contributed by atoms with Gasteiger partial charge in [-0.25, -0.2) is 9.79 Å². The summed E-state index contributed by atoms with van der Waals surface area (Å²) in [5.74, 6) is -0.534. The molecule has 1 amide bonds. The van der Waals surface area contributed by atoms with Crippen molar-refractivity contribution < 1.29 is 23.8 Å². The topological polar surface area (TPSA) is 77.4 Å². The van der Waals surface area contributed by atoms with Crippen molar-refractivity contribution in [2.24, 2.45) is 10.9 Å². The van der Waals surface area contributed by atoms with Crippen molar-refractivity contribution in [2.75, 3.05) is 20.3 Å². The number of allylic oxidation sites excluding steroid dienone is 3. The van der Waals surface area contributed by atoms with E-state index in [9.17, 15) is 9.59 Å². The molecule has 2 heterocycles. The first-order valence-corrected chi connectivity index (χ1v) is 11.7. The van der Waals surface area contributed by atoms with Gasteiger partial charge in [0.15, 0.2) is 0 Å². The van der Waals surface area contributed by atoms with Crippen molar-refractivity contribution in [3.05, 3.63) is 64.5 Å². The fraction of sp³-hybridized carbons (Fsp3) is 0.423. The maximum atomic E-state index is 13.4. The van der Waals surface area contributed by atoms with Gasteiger partial charge in [-0.15, -0.1) is 0 Å². The molecule has 1 saturated heterocycles. The Bertz CT molecular complexity index is 1020. The van der Waals surface area contributed by atoms with Gasteiger partial charge in [0.05, 0.1) is 25.3 Å². The summed E-state index contributed by atoms with van der Waals surface area (Å²) in [4.78, 5) is 32.2. The van der Waals surface area contributed by atoms with Gasteiger partial charge >= 0.3 is 5.97 Å². The third-order valence-electron chi connectivity index (χ3n) is 6.04. The highest BCUT2D eigenvalue weighted by Crippen LogP contribution is 2.35. The summed E-state index contributed by atoms with van der Waals surface area (Å²) in [6.45, 7) is 8.73. The molecule has 2 aliphatic rings. The van der Waals surface area contributed by atoms with E-state index < -0.39 is 11.9 Å². The first-order chi connectivity index (χ1) is 16.3. The summed E-state index contributed by atoms with van der Waals surface area (Å²) in [5.41, 5.74) is 2.19. The summed E-state index contributed by atoms with van der Waals surface area (Å²) in [7, 11) is 1.57. The Labute approximate surface area is 205 Å². The molecule has 182 valence electrons. The Kier molecular flexibility index (Phi) is 9.07. The standard InChI is InChI=1S/C26H31ClN2O5/c1-5-23(27)28-14-17(2)21-13-24(30)29(15-20-10-8-12-33-20)18(3)25(21)26(31)34-16-19-9-6-7-11-22(19)32-4/h5-7,9,11,14,20-21H,2,8,10,12-13,15-16H2,1,3-4H3/b23-5-,28-14?/t20-,21-/m0/s1. The number of rotatable bonds is 9. The first kappa shape index (κ1) is 25.7. The number of amides is 1. The maximum absolute atomic E-state index is 13.4. The Morgan fingerprint density at radius 1 is 1.38 bits per heavy atom. The van der Waals surface area contributed by atoms with E-state index in [1.807, 2.05) is 24.3 Å². The van der Waals surface area contributed by atoms with Gasteiger partial charge in [0.2, 0.25) is 5.91 Å². The molecule has 0 aliphatic carbocycles. The molecular formula is C26H31ClN2O5. The molecule has 0 N–H and O–H groups in total. The molecule has 1 aromatic rings. The molecule has 0 aromatic heterocycles. The van der Waals surface area contributed by atoms with Gasteiger partial charge in [0.25, 0.3) is 0 Å². The van der Waals surface area contributed by atoms with Crippen LogP contribution in [0.4, 0.5) is 0 Å². The van der Waals surface area contributed by atoms with Crippen LogP contribution in [0.25, 0.3) is 0 Å². The lowest BCUT2D eigenvalue weighted by Gasteiger charge is -2.35. The van der Waals surface area contributed by atoms with Crippen LogP contribution in [0.15, 0.2) is 63.9 Å². The van der Waals surface area contributed by atoms with Crippen LogP contribution in [0.5, 0.6) is 5.75 Å². The molecule has 0 unspecified atom stereocenters. The zero-order chi connectivity index (χ0) is 24.7. The number of aliphatic imine (C=N–C) groups is 1. The van der Waals surface area contributed by atoms with Gasteiger partial charge in [0.1, 0.15) is 17.5 Å². The molecule has 0 spiro atoms. The van der Waals surface area contributed by atoms with Crippen LogP contribution in [0.1, 0.15) is 38.7 Å². The Hall–Kier alpha value is -2.90. The van der Waals surface area contributed by atoms with Gasteiger partial charge in [-0.05, 0) is 38.3 Å². The highest BCUT2D eigenvalue weighted by molar-refractivity contribution is 6.29. The van der Waals surface area contributed by atoms with Crippen LogP contribution in [-0.2, 0) is 25.7 Å². The maximum Gasteiger partial charge on any atom is 0.336 e. The van der Waals surface area contributed by atoms with E-state index in [1.54, 1.807) is 31.9 Å². The largest absolute Gasteiger partial charge is 0.496 e. The second-order valence-electron chi connectivity index (χ2n) is 8.23. The molecule has 2 atom stereocenters. The SMILES string of the molecule is C=C(C=N/C(Cl)=C\C)[C@@H]1CC(=O)N(C[C@@H]2CCCO2)C(C)=C1C(=O)OCc1ccccc1OC. The second kappa shape index (κ2) is 12.0. The monoisotopic (exact) mass is 486 g/mol. The number of carbonyl (C=O) groups is 2. The molecule has 0 radical (unpaired) electrons. The quantitative estimate of drug-likeness (QED) is 0.285. The number of nitrogens with zero attached hydrogens (tertiary/aromatic N) is 2. The van der Waals surface area contributed by atoms with Crippen LogP contribution in [0.3, 0.4) is 0 Å². The number of carbonyl (C=O) groups excluding carboxylic acids is 2. The van der Waals surface area contributed by atoms with Gasteiger partial charge < -0.3 is 19.1 Å². The predicted molar refractivity (Wildman–Crippen MR) is 132 cm³/mol. The molecule has 2 aliphatic heterocycles. The molecule has 1 fully saturated rings. The molecular weight excluding hydrogens is 456 g/mol.